The van der Waals surface area contributed by atoms with Gasteiger partial charge in [0.15, 0.2) is 0 Å². The Morgan fingerprint density at radius 2 is 2.25 bits per heavy atom. The molecule has 1 aromatic rings. The van der Waals surface area contributed by atoms with E-state index in [0.29, 0.717) is 11.1 Å². The smallest absolute Gasteiger partial charge is 0.265 e. The van der Waals surface area contributed by atoms with Crippen LogP contribution >= 0.6 is 0 Å². The Hall–Kier alpha value is -1.53. The van der Waals surface area contributed by atoms with E-state index in [-0.39, 0.29) is 6.61 Å². The summed E-state index contributed by atoms with van der Waals surface area (Å²) in [7, 11) is 0. The van der Waals surface area contributed by atoms with Crippen LogP contribution in [0.15, 0.2) is 24.3 Å². The third kappa shape index (κ3) is 3.92. The number of benzene rings is 1. The second-order valence-corrected chi connectivity index (χ2v) is 3.08. The van der Waals surface area contributed by atoms with Crippen molar-refractivity contribution < 1.29 is 18.3 Å². The first-order valence-electron chi connectivity index (χ1n) is 4.59. The van der Waals surface area contributed by atoms with Crippen LogP contribution in [-0.4, -0.2) is 18.9 Å². The molecule has 1 amide bonds. The van der Waals surface area contributed by atoms with E-state index < -0.39 is 18.9 Å². The molecule has 0 aromatic heterocycles. The molecule has 1 rings (SSSR count). The molecule has 0 fully saturated rings. The number of hydrogen-bond acceptors (Lipinski definition) is 3. The number of carbonyl (C=O) groups is 1. The minimum Gasteiger partial charge on any atom is -0.371 e. The Morgan fingerprint density at radius 1 is 1.50 bits per heavy atom. The van der Waals surface area contributed by atoms with Crippen molar-refractivity contribution >= 4 is 5.91 Å². The van der Waals surface area contributed by atoms with Crippen molar-refractivity contribution in [1.29, 1.82) is 0 Å². The van der Waals surface area contributed by atoms with E-state index in [1.54, 1.807) is 18.2 Å². The maximum Gasteiger partial charge on any atom is 0.265 e. The van der Waals surface area contributed by atoms with Gasteiger partial charge in [-0.25, -0.2) is 14.6 Å². The fraction of sp³-hybridized carbons (Fsp3) is 0.300. The van der Waals surface area contributed by atoms with E-state index in [1.165, 1.54) is 6.07 Å². The van der Waals surface area contributed by atoms with Crippen LogP contribution in [-0.2, 0) is 11.3 Å². The van der Waals surface area contributed by atoms with E-state index in [4.69, 9.17) is 10.6 Å². The number of hydrogen-bond donors (Lipinski definition) is 2. The number of ether oxygens (including phenoxy) is 1. The van der Waals surface area contributed by atoms with Crippen molar-refractivity contribution in [2.45, 2.75) is 13.0 Å². The Kier molecular flexibility index (Phi) is 4.81. The van der Waals surface area contributed by atoms with Crippen molar-refractivity contribution in [2.75, 3.05) is 6.61 Å². The van der Waals surface area contributed by atoms with Crippen LogP contribution in [0.2, 0.25) is 0 Å². The quantitative estimate of drug-likeness (QED) is 0.452. The van der Waals surface area contributed by atoms with Gasteiger partial charge in [0, 0.05) is 5.56 Å². The predicted octanol–water partition coefficient (Wildman–Crippen LogP) is 1.07. The number of hydrazine groups is 1. The highest BCUT2D eigenvalue weighted by Crippen LogP contribution is 2.07. The van der Waals surface area contributed by atoms with Gasteiger partial charge >= 0.3 is 0 Å². The molecule has 0 saturated carbocycles. The van der Waals surface area contributed by atoms with Gasteiger partial charge in [0.1, 0.15) is 6.61 Å². The van der Waals surface area contributed by atoms with Crippen LogP contribution in [0, 0.1) is 0 Å². The molecule has 1 aromatic carbocycles. The molecular weight excluding hydrogens is 218 g/mol. The Balaban J connectivity index is 2.57. The molecule has 0 aliphatic carbocycles. The van der Waals surface area contributed by atoms with Crippen LogP contribution in [0.4, 0.5) is 8.78 Å². The molecule has 0 atom stereocenters. The van der Waals surface area contributed by atoms with Crippen molar-refractivity contribution in [3.05, 3.63) is 35.4 Å². The standard InChI is InChI=1S/C10H12F2N2O2/c11-9(12)6-16-5-7-2-1-3-8(4-7)10(15)14-13/h1-4,9H,5-6,13H2,(H,14,15). The number of rotatable bonds is 5. The van der Waals surface area contributed by atoms with Gasteiger partial charge in [-0.15, -0.1) is 0 Å². The minimum absolute atomic E-state index is 0.0377. The lowest BCUT2D eigenvalue weighted by molar-refractivity contribution is 0.00986. The average Bonchev–Trinajstić information content (AvgIpc) is 2.28. The van der Waals surface area contributed by atoms with Gasteiger partial charge in [0.25, 0.3) is 12.3 Å². The summed E-state index contributed by atoms with van der Waals surface area (Å²) in [6, 6.07) is 6.41. The van der Waals surface area contributed by atoms with Crippen LogP contribution in [0.5, 0.6) is 0 Å². The lowest BCUT2D eigenvalue weighted by Gasteiger charge is -2.05. The zero-order valence-corrected chi connectivity index (χ0v) is 8.45. The number of nitrogen functional groups attached to an aromatic ring is 1. The monoisotopic (exact) mass is 230 g/mol. The summed E-state index contributed by atoms with van der Waals surface area (Å²) < 4.78 is 28.3. The van der Waals surface area contributed by atoms with E-state index in [2.05, 4.69) is 0 Å². The molecule has 0 radical (unpaired) electrons. The number of halogens is 2. The molecule has 4 nitrogen and oxygen atoms in total. The summed E-state index contributed by atoms with van der Waals surface area (Å²) in [6.07, 6.45) is -2.49. The highest BCUT2D eigenvalue weighted by atomic mass is 19.3. The van der Waals surface area contributed by atoms with Gasteiger partial charge in [-0.1, -0.05) is 12.1 Å². The fourth-order valence-electron chi connectivity index (χ4n) is 1.15. The molecule has 0 aliphatic heterocycles. The van der Waals surface area contributed by atoms with E-state index in [9.17, 15) is 13.6 Å². The number of nitrogens with two attached hydrogens (primary N) is 1. The van der Waals surface area contributed by atoms with E-state index in [0.717, 1.165) is 0 Å². The van der Waals surface area contributed by atoms with Crippen molar-refractivity contribution in [1.82, 2.24) is 5.43 Å². The van der Waals surface area contributed by atoms with E-state index in [1.807, 2.05) is 5.43 Å². The Labute approximate surface area is 91.4 Å². The van der Waals surface area contributed by atoms with Crippen LogP contribution in [0.3, 0.4) is 0 Å². The Morgan fingerprint density at radius 3 is 2.88 bits per heavy atom. The summed E-state index contributed by atoms with van der Waals surface area (Å²) in [5, 5.41) is 0. The second-order valence-electron chi connectivity index (χ2n) is 3.08. The van der Waals surface area contributed by atoms with Gasteiger partial charge in [-0.3, -0.25) is 10.2 Å². The van der Waals surface area contributed by atoms with Gasteiger partial charge in [-0.05, 0) is 17.7 Å². The molecule has 6 heteroatoms. The lowest BCUT2D eigenvalue weighted by Crippen LogP contribution is -2.30. The predicted molar refractivity (Wildman–Crippen MR) is 53.8 cm³/mol. The zero-order valence-electron chi connectivity index (χ0n) is 8.45. The minimum atomic E-state index is -2.49. The number of carbonyl (C=O) groups excluding carboxylic acids is 1. The van der Waals surface area contributed by atoms with Crippen molar-refractivity contribution in [3.63, 3.8) is 0 Å². The third-order valence-corrected chi connectivity index (χ3v) is 1.83. The fourth-order valence-corrected chi connectivity index (χ4v) is 1.15. The van der Waals surface area contributed by atoms with Crippen LogP contribution in [0.25, 0.3) is 0 Å². The van der Waals surface area contributed by atoms with Gasteiger partial charge in [0.2, 0.25) is 0 Å². The third-order valence-electron chi connectivity index (χ3n) is 1.83. The number of amides is 1. The number of alkyl halides is 2. The largest absolute Gasteiger partial charge is 0.371 e. The highest BCUT2D eigenvalue weighted by molar-refractivity contribution is 5.93. The van der Waals surface area contributed by atoms with Gasteiger partial charge in [0.05, 0.1) is 6.61 Å². The maximum atomic E-state index is 11.8. The Bertz CT molecular complexity index is 358. The first kappa shape index (κ1) is 12.5. The molecule has 0 spiro atoms. The van der Waals surface area contributed by atoms with E-state index >= 15 is 0 Å². The van der Waals surface area contributed by atoms with Gasteiger partial charge < -0.3 is 4.74 Å². The second kappa shape index (κ2) is 6.14. The molecule has 88 valence electrons. The van der Waals surface area contributed by atoms with Crippen molar-refractivity contribution in [2.24, 2.45) is 5.84 Å². The molecule has 0 heterocycles. The summed E-state index contributed by atoms with van der Waals surface area (Å²) in [5.74, 6) is 4.53. The summed E-state index contributed by atoms with van der Waals surface area (Å²) in [4.78, 5) is 11.2. The molecule has 0 saturated heterocycles. The van der Waals surface area contributed by atoms with Gasteiger partial charge in [-0.2, -0.15) is 0 Å². The van der Waals surface area contributed by atoms with Crippen LogP contribution < -0.4 is 11.3 Å². The van der Waals surface area contributed by atoms with Crippen molar-refractivity contribution in [3.8, 4) is 0 Å². The first-order valence-corrected chi connectivity index (χ1v) is 4.59. The molecule has 0 bridgehead atoms. The normalized spacial score (nSPS) is 10.5. The summed E-state index contributed by atoms with van der Waals surface area (Å²) in [5.41, 5.74) is 2.99. The molecule has 0 aliphatic rings. The molecule has 16 heavy (non-hydrogen) atoms. The average molecular weight is 230 g/mol. The lowest BCUT2D eigenvalue weighted by atomic mass is 10.1. The topological polar surface area (TPSA) is 64.3 Å². The molecule has 0 unspecified atom stereocenters. The number of nitrogens with one attached hydrogen (secondary N) is 1. The highest BCUT2D eigenvalue weighted by Gasteiger charge is 2.05. The zero-order chi connectivity index (χ0) is 12.0. The molecular formula is C10H12F2N2O2. The first-order chi connectivity index (χ1) is 7.63. The SMILES string of the molecule is NNC(=O)c1cccc(COCC(F)F)c1. The maximum absolute atomic E-state index is 11.8. The summed E-state index contributed by atoms with van der Waals surface area (Å²) in [6.45, 7) is -0.580. The molecule has 3 N–H and O–H groups in total. The van der Waals surface area contributed by atoms with Crippen LogP contribution in [0.1, 0.15) is 15.9 Å². The summed E-state index contributed by atoms with van der Waals surface area (Å²) >= 11 is 0.